The standard InChI is InChI=1S/C24H27N3O5S/c1-23(2,29)20-10-7-17(8-11-20)5-6-18-9-12-21-19(15-18)16-25-27(21)14-13-24(3,22(28)26-30)33(4,31)32/h7-12,15-16,29-30H,13-14H2,1-4H3,(H,26,28). The maximum atomic E-state index is 12.1. The maximum Gasteiger partial charge on any atom is 0.264 e. The molecule has 33 heavy (non-hydrogen) atoms. The predicted molar refractivity (Wildman–Crippen MR) is 125 cm³/mol. The Kier molecular flexibility index (Phi) is 6.65. The van der Waals surface area contributed by atoms with E-state index < -0.39 is 26.1 Å². The van der Waals surface area contributed by atoms with E-state index in [-0.39, 0.29) is 13.0 Å². The fraction of sp³-hybridized carbons (Fsp3) is 0.333. The monoisotopic (exact) mass is 469 g/mol. The zero-order valence-electron chi connectivity index (χ0n) is 19.0. The third kappa shape index (κ3) is 5.25. The minimum absolute atomic E-state index is 0.0583. The number of hydroxylamine groups is 1. The summed E-state index contributed by atoms with van der Waals surface area (Å²) in [7, 11) is -3.78. The summed E-state index contributed by atoms with van der Waals surface area (Å²) in [5, 5.41) is 24.2. The number of amides is 1. The second kappa shape index (κ2) is 8.98. The summed E-state index contributed by atoms with van der Waals surface area (Å²) in [6, 6.07) is 13.0. The molecule has 0 saturated heterocycles. The van der Waals surface area contributed by atoms with E-state index in [0.29, 0.717) is 0 Å². The Hall–Kier alpha value is -3.19. The lowest BCUT2D eigenvalue weighted by atomic mass is 9.97. The summed E-state index contributed by atoms with van der Waals surface area (Å²) < 4.78 is 24.1. The highest BCUT2D eigenvalue weighted by molar-refractivity contribution is 7.92. The quantitative estimate of drug-likeness (QED) is 0.289. The first-order valence-corrected chi connectivity index (χ1v) is 12.2. The molecule has 1 unspecified atom stereocenters. The van der Waals surface area contributed by atoms with E-state index in [1.807, 2.05) is 42.5 Å². The van der Waals surface area contributed by atoms with Crippen LogP contribution in [0.5, 0.6) is 0 Å². The lowest BCUT2D eigenvalue weighted by Crippen LogP contribution is -2.49. The minimum atomic E-state index is -3.78. The van der Waals surface area contributed by atoms with Crippen molar-refractivity contribution in [2.45, 2.75) is 44.1 Å². The van der Waals surface area contributed by atoms with Crippen molar-refractivity contribution in [2.24, 2.45) is 0 Å². The number of nitrogens with zero attached hydrogens (tertiary/aromatic N) is 2. The van der Waals surface area contributed by atoms with E-state index in [0.717, 1.165) is 33.8 Å². The largest absolute Gasteiger partial charge is 0.386 e. The summed E-state index contributed by atoms with van der Waals surface area (Å²) in [6.07, 6.45) is 2.56. The number of aliphatic hydroxyl groups is 1. The first kappa shape index (κ1) is 24.5. The van der Waals surface area contributed by atoms with E-state index in [9.17, 15) is 18.3 Å². The molecule has 2 aromatic carbocycles. The fourth-order valence-corrected chi connectivity index (χ4v) is 4.20. The molecule has 1 heterocycles. The molecule has 1 atom stereocenters. The highest BCUT2D eigenvalue weighted by Gasteiger charge is 2.43. The number of benzene rings is 2. The second-order valence-electron chi connectivity index (χ2n) is 8.72. The van der Waals surface area contributed by atoms with Crippen molar-refractivity contribution in [2.75, 3.05) is 6.26 Å². The number of hydrogen-bond acceptors (Lipinski definition) is 6. The zero-order valence-corrected chi connectivity index (χ0v) is 19.8. The molecule has 0 aliphatic rings. The molecular formula is C24H27N3O5S. The van der Waals surface area contributed by atoms with Gasteiger partial charge in [0.05, 0.1) is 17.3 Å². The van der Waals surface area contributed by atoms with Crippen molar-refractivity contribution in [1.29, 1.82) is 0 Å². The minimum Gasteiger partial charge on any atom is -0.386 e. The van der Waals surface area contributed by atoms with E-state index >= 15 is 0 Å². The Morgan fingerprint density at radius 2 is 1.70 bits per heavy atom. The smallest absolute Gasteiger partial charge is 0.264 e. The molecule has 3 rings (SSSR count). The van der Waals surface area contributed by atoms with Gasteiger partial charge in [0.2, 0.25) is 0 Å². The molecule has 3 aromatic rings. The molecule has 0 fully saturated rings. The van der Waals surface area contributed by atoms with Crippen LogP contribution in [0.4, 0.5) is 0 Å². The summed E-state index contributed by atoms with van der Waals surface area (Å²) in [6.45, 7) is 4.90. The Morgan fingerprint density at radius 1 is 1.09 bits per heavy atom. The van der Waals surface area contributed by atoms with Crippen molar-refractivity contribution in [1.82, 2.24) is 15.3 Å². The number of hydrogen-bond donors (Lipinski definition) is 3. The Bertz CT molecular complexity index is 1340. The molecule has 0 radical (unpaired) electrons. The molecule has 0 bridgehead atoms. The Balaban J connectivity index is 1.80. The van der Waals surface area contributed by atoms with E-state index in [4.69, 9.17) is 5.21 Å². The lowest BCUT2D eigenvalue weighted by Gasteiger charge is -2.25. The summed E-state index contributed by atoms with van der Waals surface area (Å²) in [4.78, 5) is 12.0. The second-order valence-corrected chi connectivity index (χ2v) is 11.2. The van der Waals surface area contributed by atoms with Crippen LogP contribution >= 0.6 is 0 Å². The van der Waals surface area contributed by atoms with Crippen LogP contribution in [0, 0.1) is 11.8 Å². The van der Waals surface area contributed by atoms with Gasteiger partial charge in [-0.2, -0.15) is 5.10 Å². The van der Waals surface area contributed by atoms with Crippen molar-refractivity contribution < 1.29 is 23.5 Å². The average molecular weight is 470 g/mol. The highest BCUT2D eigenvalue weighted by atomic mass is 32.2. The van der Waals surface area contributed by atoms with Gasteiger partial charge in [-0.3, -0.25) is 14.7 Å². The van der Waals surface area contributed by atoms with Crippen LogP contribution in [0.2, 0.25) is 0 Å². The molecule has 0 aliphatic carbocycles. The molecule has 9 heteroatoms. The predicted octanol–water partition coefficient (Wildman–Crippen LogP) is 2.36. The molecule has 1 amide bonds. The summed E-state index contributed by atoms with van der Waals surface area (Å²) >= 11 is 0. The first-order chi connectivity index (χ1) is 15.3. The number of carbonyl (C=O) groups is 1. The fourth-order valence-electron chi connectivity index (χ4n) is 3.35. The van der Waals surface area contributed by atoms with Crippen LogP contribution in [0.15, 0.2) is 48.7 Å². The Morgan fingerprint density at radius 3 is 2.27 bits per heavy atom. The molecular weight excluding hydrogens is 442 g/mol. The molecule has 0 aliphatic heterocycles. The zero-order chi connectivity index (χ0) is 24.4. The third-order valence-electron chi connectivity index (χ3n) is 5.79. The van der Waals surface area contributed by atoms with Crippen molar-refractivity contribution in [3.8, 4) is 11.8 Å². The SMILES string of the molecule is CC(C)(O)c1ccc(C#Cc2ccc3c(cnn3CCC(C)(C(=O)NO)S(C)(=O)=O)c2)cc1. The maximum absolute atomic E-state index is 12.1. The van der Waals surface area contributed by atoms with E-state index in [1.54, 1.807) is 24.7 Å². The van der Waals surface area contributed by atoms with Crippen LogP contribution in [0.3, 0.4) is 0 Å². The van der Waals surface area contributed by atoms with E-state index in [1.165, 1.54) is 12.4 Å². The number of aryl methyl sites for hydroxylation is 1. The van der Waals surface area contributed by atoms with Crippen LogP contribution in [0.1, 0.15) is 43.9 Å². The number of fused-ring (bicyclic) bond motifs is 1. The Labute approximate surface area is 193 Å². The third-order valence-corrected chi connectivity index (χ3v) is 7.81. The van der Waals surface area contributed by atoms with Gasteiger partial charge in [-0.1, -0.05) is 24.0 Å². The van der Waals surface area contributed by atoms with Crippen molar-refractivity contribution in [3.05, 3.63) is 65.4 Å². The number of rotatable bonds is 6. The van der Waals surface area contributed by atoms with Crippen LogP contribution in [-0.2, 0) is 26.8 Å². The van der Waals surface area contributed by atoms with Crippen LogP contribution < -0.4 is 5.48 Å². The molecule has 174 valence electrons. The number of sulfone groups is 1. The van der Waals surface area contributed by atoms with Gasteiger partial charge in [-0.05, 0) is 63.1 Å². The number of nitrogens with one attached hydrogen (secondary N) is 1. The van der Waals surface area contributed by atoms with Crippen LogP contribution in [0.25, 0.3) is 10.9 Å². The molecule has 8 nitrogen and oxygen atoms in total. The van der Waals surface area contributed by atoms with E-state index in [2.05, 4.69) is 16.9 Å². The van der Waals surface area contributed by atoms with Gasteiger partial charge in [0.1, 0.15) is 0 Å². The normalized spacial score (nSPS) is 13.8. The van der Waals surface area contributed by atoms with Gasteiger partial charge in [-0.25, -0.2) is 13.9 Å². The van der Waals surface area contributed by atoms with Gasteiger partial charge in [-0.15, -0.1) is 0 Å². The topological polar surface area (TPSA) is 122 Å². The highest BCUT2D eigenvalue weighted by Crippen LogP contribution is 2.24. The first-order valence-electron chi connectivity index (χ1n) is 10.3. The van der Waals surface area contributed by atoms with Gasteiger partial charge in [0.25, 0.3) is 5.91 Å². The summed E-state index contributed by atoms with van der Waals surface area (Å²) in [5.74, 6) is 5.23. The van der Waals surface area contributed by atoms with Gasteiger partial charge < -0.3 is 5.11 Å². The van der Waals surface area contributed by atoms with Crippen LogP contribution in [-0.4, -0.2) is 45.4 Å². The molecule has 3 N–H and O–H groups in total. The summed E-state index contributed by atoms with van der Waals surface area (Å²) in [5.41, 5.74) is 3.73. The van der Waals surface area contributed by atoms with Crippen molar-refractivity contribution >= 4 is 26.6 Å². The van der Waals surface area contributed by atoms with Gasteiger partial charge in [0, 0.05) is 29.3 Å². The molecule has 0 spiro atoms. The molecule has 0 saturated carbocycles. The lowest BCUT2D eigenvalue weighted by molar-refractivity contribution is -0.131. The molecule has 1 aromatic heterocycles. The van der Waals surface area contributed by atoms with Gasteiger partial charge >= 0.3 is 0 Å². The average Bonchev–Trinajstić information content (AvgIpc) is 3.16. The number of carbonyl (C=O) groups excluding carboxylic acids is 1. The number of aromatic nitrogens is 2. The van der Waals surface area contributed by atoms with Gasteiger partial charge in [0.15, 0.2) is 14.6 Å². The van der Waals surface area contributed by atoms with Crippen molar-refractivity contribution in [3.63, 3.8) is 0 Å².